The lowest BCUT2D eigenvalue weighted by atomic mass is 9.91. The molecule has 1 N–H and O–H groups in total. The average Bonchev–Trinajstić information content (AvgIpc) is 3.83. The van der Waals surface area contributed by atoms with E-state index in [0.29, 0.717) is 17.3 Å². The highest BCUT2D eigenvalue weighted by molar-refractivity contribution is 7.18. The first-order valence-electron chi connectivity index (χ1n) is 13.8. The molecule has 0 radical (unpaired) electrons. The third-order valence-corrected chi connectivity index (χ3v) is 9.36. The van der Waals surface area contributed by atoms with Crippen molar-refractivity contribution in [2.24, 2.45) is 0 Å². The fourth-order valence-electron chi connectivity index (χ4n) is 5.75. The molecule has 218 valence electrons. The minimum Gasteiger partial charge on any atom is -0.388 e. The number of ether oxygens (including phenoxy) is 3. The van der Waals surface area contributed by atoms with Gasteiger partial charge in [0.25, 0.3) is 0 Å². The number of hydrogen-bond acceptors (Lipinski definition) is 12. The lowest BCUT2D eigenvalue weighted by Crippen LogP contribution is -2.57. The summed E-state index contributed by atoms with van der Waals surface area (Å²) < 4.78 is 23.6. The van der Waals surface area contributed by atoms with Gasteiger partial charge in [-0.05, 0) is 32.0 Å². The maximum absolute atomic E-state index is 12.1. The van der Waals surface area contributed by atoms with E-state index in [9.17, 15) is 5.11 Å². The van der Waals surface area contributed by atoms with Crippen LogP contribution in [0.2, 0.25) is 0 Å². The highest BCUT2D eigenvalue weighted by atomic mass is 32.1. The van der Waals surface area contributed by atoms with E-state index in [0.717, 1.165) is 31.5 Å². The Bertz CT molecular complexity index is 1890. The zero-order valence-electron chi connectivity index (χ0n) is 23.1. The van der Waals surface area contributed by atoms with E-state index < -0.39 is 36.7 Å². The molecule has 12 nitrogen and oxygen atoms in total. The molecule has 0 spiro atoms. The lowest BCUT2D eigenvalue weighted by molar-refractivity contribution is -0.319. The van der Waals surface area contributed by atoms with E-state index in [-0.39, 0.29) is 6.61 Å². The van der Waals surface area contributed by atoms with Crippen molar-refractivity contribution in [2.75, 3.05) is 6.61 Å². The summed E-state index contributed by atoms with van der Waals surface area (Å²) in [6, 6.07) is 15.0. The molecule has 14 heteroatoms. The average molecular weight is 615 g/mol. The van der Waals surface area contributed by atoms with Crippen molar-refractivity contribution in [3.8, 4) is 16.4 Å². The monoisotopic (exact) mass is 614 g/mol. The van der Waals surface area contributed by atoms with Crippen LogP contribution in [-0.4, -0.2) is 69.8 Å². The van der Waals surface area contributed by atoms with E-state index in [4.69, 9.17) is 24.3 Å². The van der Waals surface area contributed by atoms with Gasteiger partial charge < -0.3 is 19.3 Å². The summed E-state index contributed by atoms with van der Waals surface area (Å²) in [7, 11) is 0. The molecule has 2 fully saturated rings. The minimum atomic E-state index is -1.11. The number of hydrogen-bond donors (Lipinski definition) is 1. The van der Waals surface area contributed by atoms with Crippen molar-refractivity contribution in [2.45, 2.75) is 50.6 Å². The fraction of sp³-hybridized carbons (Fsp3) is 0.310. The number of nitrogens with zero attached hydrogens (tertiary/aromatic N) is 8. The van der Waals surface area contributed by atoms with Gasteiger partial charge in [-0.3, -0.25) is 0 Å². The molecule has 4 aromatic heterocycles. The maximum atomic E-state index is 12.1. The number of fused-ring (bicyclic) bond motifs is 2. The summed E-state index contributed by atoms with van der Waals surface area (Å²) >= 11 is 3.08. The molecular weight excluding hydrogens is 589 g/mol. The normalized spacial score (nSPS) is 25.7. The SMILES string of the molecule is Cc1nc([C@@H]2O[C@@H]3COC(c4ccccc4)O[C@@H]3[C@H](n3cc(-c4nccs4)nn3)[C@H]2O)n(-c2ccc3nc(C)sc3c2)n1. The van der Waals surface area contributed by atoms with Crippen LogP contribution in [0.4, 0.5) is 0 Å². The third-order valence-electron chi connectivity index (χ3n) is 7.63. The van der Waals surface area contributed by atoms with Crippen molar-refractivity contribution < 1.29 is 19.3 Å². The second-order valence-electron chi connectivity index (χ2n) is 10.5. The van der Waals surface area contributed by atoms with Gasteiger partial charge in [-0.1, -0.05) is 35.5 Å². The molecule has 2 saturated heterocycles. The Morgan fingerprint density at radius 1 is 1.05 bits per heavy atom. The Morgan fingerprint density at radius 2 is 1.93 bits per heavy atom. The number of rotatable bonds is 5. The van der Waals surface area contributed by atoms with Crippen molar-refractivity contribution in [3.63, 3.8) is 0 Å². The first kappa shape index (κ1) is 26.7. The Morgan fingerprint density at radius 3 is 2.77 bits per heavy atom. The molecule has 8 rings (SSSR count). The van der Waals surface area contributed by atoms with E-state index in [1.807, 2.05) is 67.8 Å². The summed E-state index contributed by atoms with van der Waals surface area (Å²) in [4.78, 5) is 13.7. The van der Waals surface area contributed by atoms with Crippen LogP contribution in [0.3, 0.4) is 0 Å². The van der Waals surface area contributed by atoms with Gasteiger partial charge in [0, 0.05) is 17.1 Å². The van der Waals surface area contributed by atoms with E-state index >= 15 is 0 Å². The van der Waals surface area contributed by atoms with Crippen LogP contribution >= 0.6 is 22.7 Å². The Kier molecular flexibility index (Phi) is 6.62. The predicted octanol–water partition coefficient (Wildman–Crippen LogP) is 4.37. The van der Waals surface area contributed by atoms with Crippen molar-refractivity contribution in [1.82, 2.24) is 39.7 Å². The number of aromatic nitrogens is 8. The van der Waals surface area contributed by atoms with Crippen LogP contribution in [0.5, 0.6) is 0 Å². The van der Waals surface area contributed by atoms with E-state index in [1.54, 1.807) is 33.1 Å². The van der Waals surface area contributed by atoms with Crippen LogP contribution < -0.4 is 0 Å². The molecule has 0 aliphatic carbocycles. The smallest absolute Gasteiger partial charge is 0.184 e. The van der Waals surface area contributed by atoms with Gasteiger partial charge in [0.05, 0.1) is 33.7 Å². The van der Waals surface area contributed by atoms with Crippen LogP contribution in [0, 0.1) is 13.8 Å². The van der Waals surface area contributed by atoms with Crippen LogP contribution in [0.15, 0.2) is 66.3 Å². The summed E-state index contributed by atoms with van der Waals surface area (Å²) in [5.74, 6) is 1.02. The largest absolute Gasteiger partial charge is 0.388 e. The van der Waals surface area contributed by atoms with Gasteiger partial charge in [-0.2, -0.15) is 5.10 Å². The molecule has 6 heterocycles. The van der Waals surface area contributed by atoms with Gasteiger partial charge >= 0.3 is 0 Å². The molecule has 6 atom stereocenters. The van der Waals surface area contributed by atoms with Gasteiger partial charge in [-0.15, -0.1) is 27.8 Å². The molecule has 0 bridgehead atoms. The summed E-state index contributed by atoms with van der Waals surface area (Å²) in [5.41, 5.74) is 3.21. The zero-order valence-corrected chi connectivity index (χ0v) is 24.7. The molecule has 6 aromatic rings. The first-order valence-corrected chi connectivity index (χ1v) is 15.5. The summed E-state index contributed by atoms with van der Waals surface area (Å²) in [6.07, 6.45) is -0.204. The number of thiazole rings is 2. The molecule has 0 saturated carbocycles. The highest BCUT2D eigenvalue weighted by Gasteiger charge is 2.52. The van der Waals surface area contributed by atoms with Crippen molar-refractivity contribution in [1.29, 1.82) is 0 Å². The molecule has 2 aliphatic rings. The Hall–Kier alpha value is -3.92. The van der Waals surface area contributed by atoms with E-state index in [1.165, 1.54) is 11.3 Å². The van der Waals surface area contributed by atoms with Crippen LogP contribution in [0.25, 0.3) is 26.6 Å². The van der Waals surface area contributed by atoms with Crippen LogP contribution in [-0.2, 0) is 14.2 Å². The number of benzene rings is 2. The number of aliphatic hydroxyl groups is 1. The van der Waals surface area contributed by atoms with Crippen molar-refractivity contribution >= 4 is 32.9 Å². The molecule has 2 aromatic carbocycles. The molecule has 2 aliphatic heterocycles. The Balaban J connectivity index is 1.19. The van der Waals surface area contributed by atoms with Gasteiger partial charge in [0.15, 0.2) is 12.1 Å². The minimum absolute atomic E-state index is 0.247. The van der Waals surface area contributed by atoms with E-state index in [2.05, 4.69) is 20.3 Å². The lowest BCUT2D eigenvalue weighted by Gasteiger charge is -2.47. The third kappa shape index (κ3) is 4.76. The first-order chi connectivity index (χ1) is 21.0. The standard InChI is InChI=1S/C29H26N8O4S2/c1-15-31-27(37(34-15)18-8-9-19-22(12-18)43-16(2)32-19)26-24(38)23(36-13-20(33-35-36)28-30-10-11-42-28)25-21(40-26)14-39-29(41-25)17-6-4-3-5-7-17/h3-13,21,23-26,29,38H,14H2,1-2H3/t21-,23-,24-,25+,26-,29?/m1/s1. The zero-order chi connectivity index (χ0) is 29.1. The summed E-state index contributed by atoms with van der Waals surface area (Å²) in [5, 5.41) is 29.2. The molecule has 43 heavy (non-hydrogen) atoms. The Labute approximate surface area is 253 Å². The maximum Gasteiger partial charge on any atom is 0.184 e. The quantitative estimate of drug-likeness (QED) is 0.298. The predicted molar refractivity (Wildman–Crippen MR) is 158 cm³/mol. The molecule has 1 unspecified atom stereocenters. The molecule has 0 amide bonds. The second-order valence-corrected chi connectivity index (χ2v) is 12.6. The van der Waals surface area contributed by atoms with Crippen molar-refractivity contribution in [3.05, 3.63) is 88.5 Å². The highest BCUT2D eigenvalue weighted by Crippen LogP contribution is 2.44. The second kappa shape index (κ2) is 10.7. The molecular formula is C29H26N8O4S2. The van der Waals surface area contributed by atoms with Gasteiger partial charge in [0.1, 0.15) is 47.0 Å². The van der Waals surface area contributed by atoms with Gasteiger partial charge in [0.2, 0.25) is 0 Å². The summed E-state index contributed by atoms with van der Waals surface area (Å²) in [6.45, 7) is 4.05. The van der Waals surface area contributed by atoms with Crippen LogP contribution in [0.1, 0.15) is 40.7 Å². The fourth-order valence-corrected chi connectivity index (χ4v) is 7.19. The van der Waals surface area contributed by atoms with Gasteiger partial charge in [-0.25, -0.2) is 24.3 Å². The number of aryl methyl sites for hydroxylation is 2. The topological polar surface area (TPSA) is 135 Å². The number of aliphatic hydroxyl groups excluding tert-OH is 1.